The van der Waals surface area contributed by atoms with E-state index in [4.69, 9.17) is 0 Å². The van der Waals surface area contributed by atoms with E-state index in [1.807, 2.05) is 12.4 Å². The number of rotatable bonds is 5. The fourth-order valence-corrected chi connectivity index (χ4v) is 2.66. The van der Waals surface area contributed by atoms with Crippen molar-refractivity contribution >= 4 is 5.69 Å². The number of hydrogen-bond donors (Lipinski definition) is 1. The summed E-state index contributed by atoms with van der Waals surface area (Å²) in [7, 11) is 0. The van der Waals surface area contributed by atoms with Crippen molar-refractivity contribution in [3.63, 3.8) is 0 Å². The average molecular weight is 276 g/mol. The Morgan fingerprint density at radius 3 is 2.45 bits per heavy atom. The van der Waals surface area contributed by atoms with Gasteiger partial charge in [-0.2, -0.15) is 0 Å². The Kier molecular flexibility index (Phi) is 5.38. The van der Waals surface area contributed by atoms with Crippen LogP contribution in [0.1, 0.15) is 33.3 Å². The average Bonchev–Trinajstić information content (AvgIpc) is 2.45. The molecule has 112 valence electrons. The Labute approximate surface area is 123 Å². The molecule has 0 spiro atoms. The highest BCUT2D eigenvalue weighted by Gasteiger charge is 2.20. The maximum absolute atomic E-state index is 4.28. The molecule has 0 aliphatic carbocycles. The molecular weight excluding hydrogens is 248 g/mol. The zero-order valence-electron chi connectivity index (χ0n) is 13.3. The van der Waals surface area contributed by atoms with Gasteiger partial charge in [-0.05, 0) is 19.9 Å². The fraction of sp³-hybridized carbons (Fsp3) is 0.688. The number of aromatic nitrogens is 1. The Bertz CT molecular complexity index is 409. The van der Waals surface area contributed by atoms with Gasteiger partial charge in [0.2, 0.25) is 0 Å². The highest BCUT2D eigenvalue weighted by atomic mass is 15.3. The highest BCUT2D eigenvalue weighted by Crippen LogP contribution is 2.21. The molecule has 1 aromatic heterocycles. The summed E-state index contributed by atoms with van der Waals surface area (Å²) in [5.41, 5.74) is 2.65. The topological polar surface area (TPSA) is 31.4 Å². The lowest BCUT2D eigenvalue weighted by Crippen LogP contribution is -2.49. The van der Waals surface area contributed by atoms with Crippen molar-refractivity contribution in [2.45, 2.75) is 46.3 Å². The summed E-state index contributed by atoms with van der Waals surface area (Å²) >= 11 is 0. The zero-order chi connectivity index (χ0) is 14.5. The maximum Gasteiger partial charge on any atom is 0.0443 e. The molecule has 4 heteroatoms. The lowest BCUT2D eigenvalue weighted by atomic mass is 10.1. The summed E-state index contributed by atoms with van der Waals surface area (Å²) in [6, 6.07) is 3.31. The van der Waals surface area contributed by atoms with Crippen LogP contribution in [0.5, 0.6) is 0 Å². The van der Waals surface area contributed by atoms with Crippen LogP contribution in [0.2, 0.25) is 0 Å². The van der Waals surface area contributed by atoms with Gasteiger partial charge >= 0.3 is 0 Å². The number of hydrogen-bond acceptors (Lipinski definition) is 4. The Morgan fingerprint density at radius 1 is 1.15 bits per heavy atom. The third-order valence-electron chi connectivity index (χ3n) is 3.96. The van der Waals surface area contributed by atoms with Crippen LogP contribution in [-0.4, -0.2) is 48.1 Å². The molecular formula is C16H28N4. The monoisotopic (exact) mass is 276 g/mol. The number of pyridine rings is 1. The van der Waals surface area contributed by atoms with E-state index in [2.05, 4.69) is 53.9 Å². The second-order valence-corrected chi connectivity index (χ2v) is 6.16. The van der Waals surface area contributed by atoms with E-state index < -0.39 is 0 Å². The molecule has 1 saturated heterocycles. The van der Waals surface area contributed by atoms with Crippen LogP contribution in [0.25, 0.3) is 0 Å². The van der Waals surface area contributed by atoms with Crippen molar-refractivity contribution in [2.24, 2.45) is 0 Å². The number of anilines is 1. The van der Waals surface area contributed by atoms with E-state index in [9.17, 15) is 0 Å². The smallest absolute Gasteiger partial charge is 0.0443 e. The minimum absolute atomic E-state index is 0.501. The van der Waals surface area contributed by atoms with Crippen LogP contribution in [0.4, 0.5) is 5.69 Å². The maximum atomic E-state index is 4.28. The molecule has 1 N–H and O–H groups in total. The van der Waals surface area contributed by atoms with Gasteiger partial charge in [0, 0.05) is 68.5 Å². The molecule has 0 unspecified atom stereocenters. The van der Waals surface area contributed by atoms with Gasteiger partial charge in [-0.15, -0.1) is 0 Å². The van der Waals surface area contributed by atoms with Crippen molar-refractivity contribution < 1.29 is 0 Å². The molecule has 4 nitrogen and oxygen atoms in total. The van der Waals surface area contributed by atoms with Gasteiger partial charge in [-0.25, -0.2) is 0 Å². The quantitative estimate of drug-likeness (QED) is 0.892. The van der Waals surface area contributed by atoms with Crippen molar-refractivity contribution in [3.05, 3.63) is 24.0 Å². The van der Waals surface area contributed by atoms with E-state index in [1.54, 1.807) is 0 Å². The van der Waals surface area contributed by atoms with Gasteiger partial charge in [0.05, 0.1) is 0 Å². The molecule has 0 amide bonds. The molecule has 0 bridgehead atoms. The van der Waals surface area contributed by atoms with Crippen LogP contribution >= 0.6 is 0 Å². The van der Waals surface area contributed by atoms with E-state index in [-0.39, 0.29) is 0 Å². The van der Waals surface area contributed by atoms with Gasteiger partial charge in [0.1, 0.15) is 0 Å². The molecule has 20 heavy (non-hydrogen) atoms. The summed E-state index contributed by atoms with van der Waals surface area (Å²) in [4.78, 5) is 9.33. The van der Waals surface area contributed by atoms with Crippen molar-refractivity contribution in [1.29, 1.82) is 0 Å². The van der Waals surface area contributed by atoms with Crippen LogP contribution in [0, 0.1) is 0 Å². The predicted molar refractivity (Wildman–Crippen MR) is 85.1 cm³/mol. The fourth-order valence-electron chi connectivity index (χ4n) is 2.66. The highest BCUT2D eigenvalue weighted by molar-refractivity contribution is 5.52. The molecule has 0 saturated carbocycles. The summed E-state index contributed by atoms with van der Waals surface area (Å²) in [5.74, 6) is 0. The molecule has 1 aliphatic rings. The summed E-state index contributed by atoms with van der Waals surface area (Å²) < 4.78 is 0. The van der Waals surface area contributed by atoms with Crippen LogP contribution in [-0.2, 0) is 6.54 Å². The first-order valence-electron chi connectivity index (χ1n) is 7.73. The lowest BCUT2D eigenvalue weighted by Gasteiger charge is -2.38. The van der Waals surface area contributed by atoms with Gasteiger partial charge in [-0.1, -0.05) is 13.8 Å². The summed E-state index contributed by atoms with van der Waals surface area (Å²) in [5, 5.41) is 3.49. The molecule has 0 atom stereocenters. The van der Waals surface area contributed by atoms with Gasteiger partial charge in [0.25, 0.3) is 0 Å². The van der Waals surface area contributed by atoms with Crippen LogP contribution in [0.15, 0.2) is 18.5 Å². The molecule has 1 aliphatic heterocycles. The first kappa shape index (κ1) is 15.3. The van der Waals surface area contributed by atoms with E-state index in [1.165, 1.54) is 11.3 Å². The van der Waals surface area contributed by atoms with Crippen molar-refractivity contribution in [3.8, 4) is 0 Å². The predicted octanol–water partition coefficient (Wildman–Crippen LogP) is 2.11. The minimum atomic E-state index is 0.501. The van der Waals surface area contributed by atoms with Crippen molar-refractivity contribution in [2.75, 3.05) is 31.1 Å². The van der Waals surface area contributed by atoms with Crippen LogP contribution < -0.4 is 10.2 Å². The minimum Gasteiger partial charge on any atom is -0.369 e. The SMILES string of the molecule is CC(C)NCc1cnccc1N1CCN(C(C)C)CC1. The largest absolute Gasteiger partial charge is 0.369 e. The third kappa shape index (κ3) is 3.93. The van der Waals surface area contributed by atoms with Gasteiger partial charge in [-0.3, -0.25) is 9.88 Å². The number of nitrogens with one attached hydrogen (secondary N) is 1. The molecule has 1 aromatic rings. The third-order valence-corrected chi connectivity index (χ3v) is 3.96. The van der Waals surface area contributed by atoms with E-state index >= 15 is 0 Å². The van der Waals surface area contributed by atoms with Crippen LogP contribution in [0.3, 0.4) is 0 Å². The Morgan fingerprint density at radius 2 is 1.85 bits per heavy atom. The summed E-state index contributed by atoms with van der Waals surface area (Å²) in [6.45, 7) is 14.3. The Balaban J connectivity index is 2.02. The van der Waals surface area contributed by atoms with Crippen molar-refractivity contribution in [1.82, 2.24) is 15.2 Å². The Hall–Kier alpha value is -1.13. The standard InChI is InChI=1S/C16H28N4/c1-13(2)18-12-15-11-17-6-5-16(15)20-9-7-19(8-10-20)14(3)4/h5-6,11,13-14,18H,7-10,12H2,1-4H3. The molecule has 1 fully saturated rings. The van der Waals surface area contributed by atoms with Gasteiger partial charge < -0.3 is 10.2 Å². The normalized spacial score (nSPS) is 17.2. The van der Waals surface area contributed by atoms with E-state index in [0.29, 0.717) is 12.1 Å². The first-order valence-corrected chi connectivity index (χ1v) is 7.73. The van der Waals surface area contributed by atoms with Gasteiger partial charge in [0.15, 0.2) is 0 Å². The first-order chi connectivity index (χ1) is 9.58. The van der Waals surface area contributed by atoms with E-state index in [0.717, 1.165) is 32.7 Å². The molecule has 2 heterocycles. The summed E-state index contributed by atoms with van der Waals surface area (Å²) in [6.07, 6.45) is 3.91. The second-order valence-electron chi connectivity index (χ2n) is 6.16. The molecule has 0 aromatic carbocycles. The molecule has 0 radical (unpaired) electrons. The zero-order valence-corrected chi connectivity index (χ0v) is 13.3. The lowest BCUT2D eigenvalue weighted by molar-refractivity contribution is 0.209. The number of piperazine rings is 1. The molecule has 2 rings (SSSR count). The number of nitrogens with zero attached hydrogens (tertiary/aromatic N) is 3. The second kappa shape index (κ2) is 7.04.